The van der Waals surface area contributed by atoms with Gasteiger partial charge in [0.1, 0.15) is 5.69 Å². The fraction of sp³-hybridized carbons (Fsp3) is 0.500. The zero-order valence-corrected chi connectivity index (χ0v) is 15.4. The van der Waals surface area contributed by atoms with E-state index in [2.05, 4.69) is 58.8 Å². The van der Waals surface area contributed by atoms with Crippen LogP contribution in [0.4, 0.5) is 0 Å². The fourth-order valence-corrected chi connectivity index (χ4v) is 3.36. The van der Waals surface area contributed by atoms with Crippen molar-refractivity contribution < 1.29 is 5.11 Å². The molecule has 4 heteroatoms. The minimum Gasteiger partial charge on any atom is -0.504 e. The molecule has 0 saturated heterocycles. The van der Waals surface area contributed by atoms with E-state index in [9.17, 15) is 5.11 Å². The maximum absolute atomic E-state index is 10.4. The molecule has 0 aliphatic carbocycles. The standard InChI is InChI=1S/C18H26N2OS/c1-12-16(21)15(19-20(12)17(2,3)4)13-8-10-14(11-9-13)22-18(5,6)7/h8-11,21H,1-7H3. The van der Waals surface area contributed by atoms with Crippen LogP contribution < -0.4 is 0 Å². The molecule has 0 aliphatic rings. The van der Waals surface area contributed by atoms with Crippen molar-refractivity contribution in [2.75, 3.05) is 0 Å². The van der Waals surface area contributed by atoms with Gasteiger partial charge in [-0.25, -0.2) is 0 Å². The van der Waals surface area contributed by atoms with Crippen molar-refractivity contribution in [3.8, 4) is 17.0 Å². The van der Waals surface area contributed by atoms with Gasteiger partial charge in [-0.05, 0) is 39.8 Å². The molecule has 0 radical (unpaired) electrons. The van der Waals surface area contributed by atoms with Gasteiger partial charge in [-0.3, -0.25) is 4.68 Å². The Morgan fingerprint density at radius 1 is 1.00 bits per heavy atom. The number of aromatic nitrogens is 2. The molecule has 0 bridgehead atoms. The lowest BCUT2D eigenvalue weighted by Crippen LogP contribution is -2.24. The second-order valence-corrected chi connectivity index (χ2v) is 9.50. The Kier molecular flexibility index (Phi) is 4.35. The van der Waals surface area contributed by atoms with Crippen LogP contribution in [-0.4, -0.2) is 19.6 Å². The molecule has 1 N–H and O–H groups in total. The number of aromatic hydroxyl groups is 1. The molecule has 1 aromatic carbocycles. The lowest BCUT2D eigenvalue weighted by atomic mass is 10.1. The van der Waals surface area contributed by atoms with E-state index >= 15 is 0 Å². The minimum atomic E-state index is -0.151. The van der Waals surface area contributed by atoms with E-state index in [1.165, 1.54) is 4.90 Å². The summed E-state index contributed by atoms with van der Waals surface area (Å²) in [4.78, 5) is 1.22. The predicted molar refractivity (Wildman–Crippen MR) is 94.7 cm³/mol. The number of benzene rings is 1. The Morgan fingerprint density at radius 2 is 1.55 bits per heavy atom. The average molecular weight is 318 g/mol. The molecule has 2 aromatic rings. The molecule has 0 spiro atoms. The molecule has 0 atom stereocenters. The topological polar surface area (TPSA) is 38.1 Å². The summed E-state index contributed by atoms with van der Waals surface area (Å²) in [6, 6.07) is 8.25. The van der Waals surface area contributed by atoms with Crippen molar-refractivity contribution in [3.63, 3.8) is 0 Å². The number of rotatable bonds is 2. The number of thioether (sulfide) groups is 1. The molecule has 0 fully saturated rings. The first-order chi connectivity index (χ1) is 9.99. The van der Waals surface area contributed by atoms with Crippen molar-refractivity contribution >= 4 is 11.8 Å². The van der Waals surface area contributed by atoms with Crippen LogP contribution in [0.5, 0.6) is 5.75 Å². The predicted octanol–water partition coefficient (Wildman–Crippen LogP) is 5.21. The van der Waals surface area contributed by atoms with E-state index in [1.807, 2.05) is 35.5 Å². The first-order valence-corrected chi connectivity index (χ1v) is 8.39. The van der Waals surface area contributed by atoms with Crippen molar-refractivity contribution in [2.24, 2.45) is 0 Å². The first kappa shape index (κ1) is 16.9. The van der Waals surface area contributed by atoms with Gasteiger partial charge in [0, 0.05) is 15.2 Å². The highest BCUT2D eigenvalue weighted by Gasteiger charge is 2.23. The third-order valence-corrected chi connectivity index (χ3v) is 4.39. The Morgan fingerprint density at radius 3 is 1.95 bits per heavy atom. The minimum absolute atomic E-state index is 0.151. The molecule has 0 amide bonds. The molecule has 1 aromatic heterocycles. The molecule has 2 rings (SSSR count). The van der Waals surface area contributed by atoms with Crippen molar-refractivity contribution in [2.45, 2.75) is 63.6 Å². The van der Waals surface area contributed by atoms with Crippen molar-refractivity contribution in [1.29, 1.82) is 0 Å². The molecule has 0 unspecified atom stereocenters. The Labute approximate surface area is 137 Å². The molecule has 22 heavy (non-hydrogen) atoms. The van der Waals surface area contributed by atoms with Crippen LogP contribution in [0.2, 0.25) is 0 Å². The van der Waals surface area contributed by atoms with Crippen LogP contribution in [0.25, 0.3) is 11.3 Å². The van der Waals surface area contributed by atoms with E-state index in [0.717, 1.165) is 11.3 Å². The first-order valence-electron chi connectivity index (χ1n) is 7.57. The quantitative estimate of drug-likeness (QED) is 0.772. The molecular weight excluding hydrogens is 292 g/mol. The van der Waals surface area contributed by atoms with E-state index in [-0.39, 0.29) is 16.0 Å². The molecule has 0 aliphatic heterocycles. The van der Waals surface area contributed by atoms with Gasteiger partial charge in [-0.1, -0.05) is 32.9 Å². The highest BCUT2D eigenvalue weighted by Crippen LogP contribution is 2.36. The van der Waals surface area contributed by atoms with Gasteiger partial charge in [-0.2, -0.15) is 5.10 Å². The maximum atomic E-state index is 10.4. The van der Waals surface area contributed by atoms with Crippen LogP contribution >= 0.6 is 11.8 Å². The van der Waals surface area contributed by atoms with E-state index in [0.29, 0.717) is 5.69 Å². The summed E-state index contributed by atoms with van der Waals surface area (Å²) in [5, 5.41) is 15.0. The smallest absolute Gasteiger partial charge is 0.164 e. The molecule has 1 heterocycles. The highest BCUT2D eigenvalue weighted by molar-refractivity contribution is 8.00. The zero-order chi connectivity index (χ0) is 16.7. The zero-order valence-electron chi connectivity index (χ0n) is 14.6. The lowest BCUT2D eigenvalue weighted by molar-refractivity contribution is 0.345. The summed E-state index contributed by atoms with van der Waals surface area (Å²) in [5.41, 5.74) is 2.25. The normalized spacial score (nSPS) is 12.7. The maximum Gasteiger partial charge on any atom is 0.164 e. The van der Waals surface area contributed by atoms with Crippen LogP contribution in [0.3, 0.4) is 0 Å². The summed E-state index contributed by atoms with van der Waals surface area (Å²) in [6.45, 7) is 14.8. The second-order valence-electron chi connectivity index (χ2n) is 7.60. The number of hydrogen-bond acceptors (Lipinski definition) is 3. The van der Waals surface area contributed by atoms with Gasteiger partial charge in [0.15, 0.2) is 5.75 Å². The van der Waals surface area contributed by atoms with E-state index in [1.54, 1.807) is 0 Å². The van der Waals surface area contributed by atoms with Crippen LogP contribution in [0.1, 0.15) is 47.2 Å². The van der Waals surface area contributed by atoms with Crippen LogP contribution in [0.15, 0.2) is 29.2 Å². The Hall–Kier alpha value is -1.42. The summed E-state index contributed by atoms with van der Waals surface area (Å²) >= 11 is 1.83. The highest BCUT2D eigenvalue weighted by atomic mass is 32.2. The molecule has 120 valence electrons. The SMILES string of the molecule is Cc1c(O)c(-c2ccc(SC(C)(C)C)cc2)nn1C(C)(C)C. The molecular formula is C18H26N2OS. The Balaban J connectivity index is 2.37. The van der Waals surface area contributed by atoms with Crippen molar-refractivity contribution in [3.05, 3.63) is 30.0 Å². The largest absolute Gasteiger partial charge is 0.504 e. The van der Waals surface area contributed by atoms with E-state index in [4.69, 9.17) is 0 Å². The summed E-state index contributed by atoms with van der Waals surface area (Å²) < 4.78 is 2.07. The van der Waals surface area contributed by atoms with Gasteiger partial charge in [-0.15, -0.1) is 11.8 Å². The average Bonchev–Trinajstić information content (AvgIpc) is 2.65. The van der Waals surface area contributed by atoms with Gasteiger partial charge in [0.2, 0.25) is 0 Å². The third kappa shape index (κ3) is 3.67. The van der Waals surface area contributed by atoms with Crippen LogP contribution in [-0.2, 0) is 5.54 Å². The lowest BCUT2D eigenvalue weighted by Gasteiger charge is -2.20. The van der Waals surface area contributed by atoms with Crippen molar-refractivity contribution in [1.82, 2.24) is 9.78 Å². The van der Waals surface area contributed by atoms with Crippen LogP contribution in [0, 0.1) is 6.92 Å². The van der Waals surface area contributed by atoms with Gasteiger partial charge < -0.3 is 5.11 Å². The third-order valence-electron chi connectivity index (χ3n) is 3.27. The molecule has 3 nitrogen and oxygen atoms in total. The second kappa shape index (κ2) is 5.65. The Bertz CT molecular complexity index is 658. The number of nitrogens with zero attached hydrogens (tertiary/aromatic N) is 2. The number of hydrogen-bond donors (Lipinski definition) is 1. The summed E-state index contributed by atoms with van der Waals surface area (Å²) in [7, 11) is 0. The van der Waals surface area contributed by atoms with Gasteiger partial charge >= 0.3 is 0 Å². The fourth-order valence-electron chi connectivity index (χ4n) is 2.38. The summed E-state index contributed by atoms with van der Waals surface area (Å²) in [6.07, 6.45) is 0. The van der Waals surface area contributed by atoms with Gasteiger partial charge in [0.25, 0.3) is 0 Å². The molecule has 0 saturated carbocycles. The monoisotopic (exact) mass is 318 g/mol. The summed E-state index contributed by atoms with van der Waals surface area (Å²) in [5.74, 6) is 0.270. The van der Waals surface area contributed by atoms with Gasteiger partial charge in [0.05, 0.1) is 11.2 Å². The van der Waals surface area contributed by atoms with E-state index < -0.39 is 0 Å².